The van der Waals surface area contributed by atoms with E-state index < -0.39 is 0 Å². The maximum atomic E-state index is 6.08. The molecule has 0 radical (unpaired) electrons. The molecule has 2 aliphatic rings. The normalized spacial score (nSPS) is 30.9. The molecule has 3 unspecified atom stereocenters. The molecule has 3 atom stereocenters. The van der Waals surface area contributed by atoms with Gasteiger partial charge in [-0.25, -0.2) is 0 Å². The average molecular weight is 439 g/mol. The predicted octanol–water partition coefficient (Wildman–Crippen LogP) is 4.51. The number of thiophene rings is 1. The van der Waals surface area contributed by atoms with Gasteiger partial charge in [0.15, 0.2) is 0 Å². The van der Waals surface area contributed by atoms with Crippen molar-refractivity contribution in [1.82, 2.24) is 5.32 Å². The molecular weight excluding hydrogens is 418 g/mol. The molecule has 1 spiro atoms. The predicted molar refractivity (Wildman–Crippen MR) is 93.0 cm³/mol. The third-order valence-corrected chi connectivity index (χ3v) is 7.80. The van der Waals surface area contributed by atoms with E-state index in [0.717, 1.165) is 50.1 Å². The Morgan fingerprint density at radius 3 is 2.95 bits per heavy atom. The zero-order valence-corrected chi connectivity index (χ0v) is 16.2. The third kappa shape index (κ3) is 3.56. The molecule has 1 aromatic heterocycles. The summed E-state index contributed by atoms with van der Waals surface area (Å²) in [6, 6.07) is 2.65. The van der Waals surface area contributed by atoms with Crippen LogP contribution in [0.2, 0.25) is 0 Å². The van der Waals surface area contributed by atoms with Crippen molar-refractivity contribution in [3.05, 3.63) is 19.2 Å². The Kier molecular flexibility index (Phi) is 5.44. The summed E-state index contributed by atoms with van der Waals surface area (Å²) in [7, 11) is 0. The highest BCUT2D eigenvalue weighted by molar-refractivity contribution is 9.13. The van der Waals surface area contributed by atoms with Gasteiger partial charge < -0.3 is 14.8 Å². The van der Waals surface area contributed by atoms with Gasteiger partial charge in [-0.3, -0.25) is 0 Å². The van der Waals surface area contributed by atoms with E-state index in [4.69, 9.17) is 9.47 Å². The molecule has 3 heterocycles. The molecule has 0 aliphatic carbocycles. The molecule has 21 heavy (non-hydrogen) atoms. The van der Waals surface area contributed by atoms with Crippen LogP contribution in [0.15, 0.2) is 14.3 Å². The van der Waals surface area contributed by atoms with Gasteiger partial charge in [0.2, 0.25) is 0 Å². The largest absolute Gasteiger partial charge is 0.378 e. The molecule has 0 aromatic carbocycles. The van der Waals surface area contributed by atoms with Crippen LogP contribution in [-0.2, 0) is 9.47 Å². The average Bonchev–Trinajstić information content (AvgIpc) is 3.04. The molecule has 2 fully saturated rings. The second kappa shape index (κ2) is 6.97. The summed E-state index contributed by atoms with van der Waals surface area (Å²) >= 11 is 9.05. The van der Waals surface area contributed by atoms with Crippen LogP contribution < -0.4 is 5.32 Å². The molecule has 3 rings (SSSR count). The van der Waals surface area contributed by atoms with Gasteiger partial charge in [-0.2, -0.15) is 0 Å². The molecule has 6 heteroatoms. The molecule has 1 aromatic rings. The summed E-state index contributed by atoms with van der Waals surface area (Å²) in [6.45, 7) is 5.62. The summed E-state index contributed by atoms with van der Waals surface area (Å²) in [4.78, 5) is 1.40. The van der Waals surface area contributed by atoms with Gasteiger partial charge in [-0.05, 0) is 63.2 Å². The van der Waals surface area contributed by atoms with Crippen LogP contribution in [0.25, 0.3) is 0 Å². The summed E-state index contributed by atoms with van der Waals surface area (Å²) in [6.07, 6.45) is 3.25. The Morgan fingerprint density at radius 1 is 1.48 bits per heavy atom. The van der Waals surface area contributed by atoms with Crippen molar-refractivity contribution >= 4 is 43.2 Å². The number of nitrogens with one attached hydrogen (secondary N) is 1. The number of rotatable bonds is 4. The van der Waals surface area contributed by atoms with Crippen molar-refractivity contribution in [2.45, 2.75) is 37.8 Å². The summed E-state index contributed by atoms with van der Waals surface area (Å²) in [5.41, 5.74) is -0.0255. The van der Waals surface area contributed by atoms with E-state index in [9.17, 15) is 0 Å². The van der Waals surface area contributed by atoms with Gasteiger partial charge in [0, 0.05) is 35.0 Å². The van der Waals surface area contributed by atoms with Gasteiger partial charge in [-0.1, -0.05) is 6.92 Å². The quantitative estimate of drug-likeness (QED) is 0.749. The van der Waals surface area contributed by atoms with Crippen LogP contribution in [0.1, 0.15) is 37.1 Å². The van der Waals surface area contributed by atoms with Gasteiger partial charge in [0.05, 0.1) is 16.0 Å². The van der Waals surface area contributed by atoms with Gasteiger partial charge >= 0.3 is 0 Å². The Balaban J connectivity index is 1.79. The van der Waals surface area contributed by atoms with E-state index >= 15 is 0 Å². The topological polar surface area (TPSA) is 30.5 Å². The number of ether oxygens (including phenoxy) is 2. The van der Waals surface area contributed by atoms with Crippen molar-refractivity contribution in [3.8, 4) is 0 Å². The summed E-state index contributed by atoms with van der Waals surface area (Å²) < 4.78 is 14.0. The van der Waals surface area contributed by atoms with E-state index in [1.54, 1.807) is 0 Å². The molecule has 2 saturated heterocycles. The van der Waals surface area contributed by atoms with Crippen molar-refractivity contribution < 1.29 is 9.47 Å². The molecule has 118 valence electrons. The highest BCUT2D eigenvalue weighted by Gasteiger charge is 2.43. The van der Waals surface area contributed by atoms with Gasteiger partial charge in [0.1, 0.15) is 0 Å². The first-order valence-corrected chi connectivity index (χ1v) is 9.93. The summed E-state index contributed by atoms with van der Waals surface area (Å²) in [5.74, 6) is 0.609. The van der Waals surface area contributed by atoms with Crippen LogP contribution in [0, 0.1) is 5.92 Å². The first-order valence-electron chi connectivity index (χ1n) is 7.53. The Bertz CT molecular complexity index is 469. The lowest BCUT2D eigenvalue weighted by Gasteiger charge is -2.40. The van der Waals surface area contributed by atoms with Crippen molar-refractivity contribution in [2.75, 3.05) is 26.4 Å². The zero-order valence-electron chi connectivity index (χ0n) is 12.2. The number of hydrogen-bond acceptors (Lipinski definition) is 4. The fourth-order valence-corrected chi connectivity index (χ4v) is 5.71. The molecule has 2 aliphatic heterocycles. The lowest BCUT2D eigenvalue weighted by Crippen LogP contribution is -2.44. The lowest BCUT2D eigenvalue weighted by molar-refractivity contribution is -0.103. The summed E-state index contributed by atoms with van der Waals surface area (Å²) in [5, 5.41) is 3.69. The fourth-order valence-electron chi connectivity index (χ4n) is 3.45. The van der Waals surface area contributed by atoms with Gasteiger partial charge in [-0.15, -0.1) is 11.3 Å². The molecule has 1 N–H and O–H groups in total. The maximum absolute atomic E-state index is 6.08. The molecular formula is C15H21Br2NO2S. The first kappa shape index (κ1) is 16.4. The standard InChI is InChI=1S/C15H21Br2NO2S/c1-2-18-13(12-7-11(16)14(17)21-12)10-3-5-20-15(8-10)4-6-19-9-15/h7,10,13,18H,2-6,8-9H2,1H3. The van der Waals surface area contributed by atoms with E-state index in [-0.39, 0.29) is 5.60 Å². The second-order valence-corrected chi connectivity index (χ2v) is 9.15. The molecule has 0 saturated carbocycles. The third-order valence-electron chi connectivity index (χ3n) is 4.46. The highest BCUT2D eigenvalue weighted by atomic mass is 79.9. The Hall–Kier alpha value is 0.540. The van der Waals surface area contributed by atoms with Crippen LogP contribution >= 0.6 is 43.2 Å². The maximum Gasteiger partial charge on any atom is 0.0940 e. The Morgan fingerprint density at radius 2 is 2.33 bits per heavy atom. The number of halogens is 2. The SMILES string of the molecule is CCNC(c1cc(Br)c(Br)s1)C1CCOC2(CCOC2)C1. The Labute approximate surface area is 147 Å². The van der Waals surface area contributed by atoms with Crippen molar-refractivity contribution in [3.63, 3.8) is 0 Å². The lowest BCUT2D eigenvalue weighted by atomic mass is 9.80. The van der Waals surface area contributed by atoms with Crippen LogP contribution in [0.5, 0.6) is 0 Å². The smallest absolute Gasteiger partial charge is 0.0940 e. The first-order chi connectivity index (χ1) is 10.1. The van der Waals surface area contributed by atoms with Gasteiger partial charge in [0.25, 0.3) is 0 Å². The highest BCUT2D eigenvalue weighted by Crippen LogP contribution is 2.44. The second-order valence-electron chi connectivity index (χ2n) is 5.89. The zero-order chi connectivity index (χ0) is 14.9. The minimum atomic E-state index is -0.0255. The van der Waals surface area contributed by atoms with Crippen LogP contribution in [0.3, 0.4) is 0 Å². The number of hydrogen-bond donors (Lipinski definition) is 1. The minimum Gasteiger partial charge on any atom is -0.378 e. The molecule has 0 bridgehead atoms. The fraction of sp³-hybridized carbons (Fsp3) is 0.733. The van der Waals surface area contributed by atoms with E-state index in [1.807, 2.05) is 11.3 Å². The monoisotopic (exact) mass is 437 g/mol. The van der Waals surface area contributed by atoms with Crippen molar-refractivity contribution in [2.24, 2.45) is 5.92 Å². The minimum absolute atomic E-state index is 0.0255. The van der Waals surface area contributed by atoms with Crippen LogP contribution in [-0.4, -0.2) is 32.0 Å². The van der Waals surface area contributed by atoms with E-state index in [0.29, 0.717) is 12.0 Å². The molecule has 0 amide bonds. The van der Waals surface area contributed by atoms with Crippen molar-refractivity contribution in [1.29, 1.82) is 0 Å². The van der Waals surface area contributed by atoms with Crippen LogP contribution in [0.4, 0.5) is 0 Å². The molecule has 3 nitrogen and oxygen atoms in total. The van der Waals surface area contributed by atoms with E-state index in [1.165, 1.54) is 8.66 Å². The van der Waals surface area contributed by atoms with E-state index in [2.05, 4.69) is 50.2 Å².